The lowest BCUT2D eigenvalue weighted by atomic mass is 9.88. The first-order chi connectivity index (χ1) is 13.2. The van der Waals surface area contributed by atoms with Gasteiger partial charge in [-0.05, 0) is 0 Å². The highest BCUT2D eigenvalue weighted by atomic mass is 19.2. The van der Waals surface area contributed by atoms with Crippen molar-refractivity contribution in [2.75, 3.05) is 20.3 Å². The van der Waals surface area contributed by atoms with Crippen LogP contribution in [0.4, 0.5) is 18.4 Å². The second-order valence-corrected chi connectivity index (χ2v) is 5.84. The fourth-order valence-electron chi connectivity index (χ4n) is 2.84. The van der Waals surface area contributed by atoms with Crippen molar-refractivity contribution in [2.24, 2.45) is 0 Å². The molecular formula is C15H18F2N2O9. The zero-order valence-electron chi connectivity index (χ0n) is 14.5. The molecule has 2 amide bonds. The van der Waals surface area contributed by atoms with Gasteiger partial charge in [0, 0.05) is 0 Å². The predicted molar refractivity (Wildman–Crippen MR) is 83.0 cm³/mol. The van der Waals surface area contributed by atoms with Crippen molar-refractivity contribution in [3.8, 4) is 12.3 Å². The summed E-state index contributed by atoms with van der Waals surface area (Å²) in [7, 11) is 0.767. The lowest BCUT2D eigenvalue weighted by molar-refractivity contribution is -0.286. The highest BCUT2D eigenvalue weighted by Crippen LogP contribution is 2.40. The van der Waals surface area contributed by atoms with Gasteiger partial charge in [0.05, 0.1) is 20.3 Å². The molecule has 4 N–H and O–H groups in total. The van der Waals surface area contributed by atoms with Gasteiger partial charge in [0.2, 0.25) is 6.17 Å². The van der Waals surface area contributed by atoms with Crippen molar-refractivity contribution in [3.63, 3.8) is 0 Å². The molecule has 2 fully saturated rings. The number of hydrogen-bond donors (Lipinski definition) is 4. The summed E-state index contributed by atoms with van der Waals surface area (Å²) in [5, 5.41) is 23.4. The van der Waals surface area contributed by atoms with Crippen LogP contribution in [-0.2, 0) is 23.7 Å². The second-order valence-electron chi connectivity index (χ2n) is 5.84. The maximum Gasteiger partial charge on any atom is 0.408 e. The van der Waals surface area contributed by atoms with E-state index in [9.17, 15) is 29.0 Å². The quantitative estimate of drug-likeness (QED) is 0.225. The summed E-state index contributed by atoms with van der Waals surface area (Å²) in [4.78, 5) is 35.1. The molecule has 28 heavy (non-hydrogen) atoms. The number of hydrogen-bond acceptors (Lipinski definition) is 9. The summed E-state index contributed by atoms with van der Waals surface area (Å²) in [5.74, 6) is -3.44. The summed E-state index contributed by atoms with van der Waals surface area (Å²) >= 11 is 0. The van der Waals surface area contributed by atoms with Crippen LogP contribution < -0.4 is 10.6 Å². The Morgan fingerprint density at radius 3 is 2.79 bits per heavy atom. The third-order valence-electron chi connectivity index (χ3n) is 4.12. The number of rotatable bonds is 6. The Balaban J connectivity index is 2.38. The molecule has 11 nitrogen and oxygen atoms in total. The molecule has 0 aliphatic carbocycles. The molecule has 0 aromatic rings. The van der Waals surface area contributed by atoms with E-state index in [-0.39, 0.29) is 6.54 Å². The van der Waals surface area contributed by atoms with Crippen LogP contribution in [0.5, 0.6) is 0 Å². The number of terminal acetylenes is 1. The van der Waals surface area contributed by atoms with Gasteiger partial charge in [-0.3, -0.25) is 0 Å². The van der Waals surface area contributed by atoms with Crippen LogP contribution in [-0.4, -0.2) is 91.1 Å². The molecule has 5 unspecified atom stereocenters. The maximum absolute atomic E-state index is 15.0. The van der Waals surface area contributed by atoms with E-state index in [0.29, 0.717) is 0 Å². The number of methoxy groups -OCH3 is 1. The normalized spacial score (nSPS) is 33.4. The molecule has 2 saturated heterocycles. The van der Waals surface area contributed by atoms with Crippen LogP contribution in [0.15, 0.2) is 0 Å². The fourth-order valence-corrected chi connectivity index (χ4v) is 2.84. The van der Waals surface area contributed by atoms with E-state index in [4.69, 9.17) is 15.9 Å². The van der Waals surface area contributed by atoms with Crippen LogP contribution >= 0.6 is 0 Å². The Kier molecular flexibility index (Phi) is 6.60. The zero-order chi connectivity index (χ0) is 21.1. The Bertz CT molecular complexity index is 672. The Labute approximate surface area is 157 Å². The van der Waals surface area contributed by atoms with Gasteiger partial charge in [0.15, 0.2) is 12.2 Å². The number of nitrogens with one attached hydrogen (secondary N) is 2. The first-order valence-corrected chi connectivity index (χ1v) is 7.92. The van der Waals surface area contributed by atoms with Crippen molar-refractivity contribution in [3.05, 3.63) is 0 Å². The maximum atomic E-state index is 15.0. The minimum atomic E-state index is -3.74. The Morgan fingerprint density at radius 2 is 2.21 bits per heavy atom. The number of carbonyl (C=O) groups excluding carboxylic acids is 3. The highest BCUT2D eigenvalue weighted by Gasteiger charge is 2.67. The standard InChI is InChI=1S/C15H18F2N2O9/c1-3-4-18-13(23)26-8(6(21)5-20)9-7-10(27-14(24)19-7)11(16)15(17,28-9)12(22)25-2/h1,6-11,20-21H,4-5H2,2H3,(H,18,23)(H,19,24)/t6-,7?,8-,9?,10?,11?,15?/m1/s1. The molecule has 2 aliphatic rings. The highest BCUT2D eigenvalue weighted by molar-refractivity contribution is 5.79. The van der Waals surface area contributed by atoms with E-state index < -0.39 is 67.2 Å². The molecule has 7 atom stereocenters. The minimum Gasteiger partial charge on any atom is -0.465 e. The number of alkyl carbamates (subject to hydrolysis) is 2. The second kappa shape index (κ2) is 8.55. The van der Waals surface area contributed by atoms with E-state index in [1.165, 1.54) is 0 Å². The van der Waals surface area contributed by atoms with Crippen LogP contribution in [0.1, 0.15) is 0 Å². The molecule has 0 aromatic heterocycles. The smallest absolute Gasteiger partial charge is 0.408 e. The average molecular weight is 408 g/mol. The third kappa shape index (κ3) is 3.93. The Hall–Kier alpha value is -2.69. The predicted octanol–water partition coefficient (Wildman–Crippen LogP) is -1.88. The largest absolute Gasteiger partial charge is 0.465 e. The number of alkyl halides is 2. The van der Waals surface area contributed by atoms with Crippen LogP contribution in [0, 0.1) is 12.3 Å². The van der Waals surface area contributed by atoms with E-state index in [2.05, 4.69) is 26.0 Å². The van der Waals surface area contributed by atoms with Gasteiger partial charge in [-0.25, -0.2) is 18.8 Å². The molecule has 0 bridgehead atoms. The number of halogens is 2. The third-order valence-corrected chi connectivity index (χ3v) is 4.12. The topological polar surface area (TPSA) is 153 Å². The van der Waals surface area contributed by atoms with Crippen molar-refractivity contribution < 1.29 is 52.3 Å². The van der Waals surface area contributed by atoms with Gasteiger partial charge in [0.25, 0.3) is 0 Å². The number of aliphatic hydroxyl groups is 2. The number of amides is 2. The summed E-state index contributed by atoms with van der Waals surface area (Å²) in [6.45, 7) is -1.25. The van der Waals surface area contributed by atoms with E-state index in [0.717, 1.165) is 7.11 Å². The van der Waals surface area contributed by atoms with E-state index >= 15 is 4.39 Å². The summed E-state index contributed by atoms with van der Waals surface area (Å²) < 4.78 is 48.2. The lowest BCUT2D eigenvalue weighted by Gasteiger charge is -2.43. The first kappa shape index (κ1) is 21.6. The van der Waals surface area contributed by atoms with Crippen LogP contribution in [0.25, 0.3) is 0 Å². The Morgan fingerprint density at radius 1 is 1.54 bits per heavy atom. The molecular weight excluding hydrogens is 390 g/mol. The summed E-state index contributed by atoms with van der Waals surface area (Å²) in [5.41, 5.74) is 0. The van der Waals surface area contributed by atoms with Gasteiger partial charge in [-0.1, -0.05) is 5.92 Å². The fraction of sp³-hybridized carbons (Fsp3) is 0.667. The SMILES string of the molecule is C#CCNC(=O)O[C@@H](C1OC(F)(C(=O)OC)C(F)C2OC(=O)NC21)[C@H](O)CO. The van der Waals surface area contributed by atoms with Gasteiger partial charge in [-0.2, -0.15) is 4.39 Å². The van der Waals surface area contributed by atoms with E-state index in [1.807, 2.05) is 0 Å². The zero-order valence-corrected chi connectivity index (χ0v) is 14.5. The first-order valence-electron chi connectivity index (χ1n) is 7.92. The lowest BCUT2D eigenvalue weighted by Crippen LogP contribution is -2.69. The molecule has 2 aliphatic heterocycles. The molecule has 0 aromatic carbocycles. The number of fused-ring (bicyclic) bond motifs is 1. The molecule has 0 spiro atoms. The van der Waals surface area contributed by atoms with Crippen molar-refractivity contribution in [2.45, 2.75) is 42.5 Å². The minimum absolute atomic E-state index is 0.264. The van der Waals surface area contributed by atoms with Gasteiger partial charge in [0.1, 0.15) is 18.2 Å². The molecule has 13 heteroatoms. The summed E-state index contributed by atoms with van der Waals surface area (Å²) in [6, 6.07) is -1.47. The number of aliphatic hydroxyl groups excluding tert-OH is 2. The molecule has 156 valence electrons. The van der Waals surface area contributed by atoms with Crippen molar-refractivity contribution >= 4 is 18.2 Å². The van der Waals surface area contributed by atoms with Crippen molar-refractivity contribution in [1.29, 1.82) is 0 Å². The van der Waals surface area contributed by atoms with Gasteiger partial charge < -0.3 is 39.8 Å². The molecule has 2 heterocycles. The molecule has 0 radical (unpaired) electrons. The van der Waals surface area contributed by atoms with Gasteiger partial charge in [-0.15, -0.1) is 6.42 Å². The number of esters is 1. The van der Waals surface area contributed by atoms with E-state index in [1.54, 1.807) is 0 Å². The van der Waals surface area contributed by atoms with Crippen LogP contribution in [0.3, 0.4) is 0 Å². The van der Waals surface area contributed by atoms with Crippen LogP contribution in [0.2, 0.25) is 0 Å². The average Bonchev–Trinajstić information content (AvgIpc) is 3.07. The number of ether oxygens (including phenoxy) is 4. The van der Waals surface area contributed by atoms with Gasteiger partial charge >= 0.3 is 24.0 Å². The van der Waals surface area contributed by atoms with Crippen molar-refractivity contribution in [1.82, 2.24) is 10.6 Å². The summed E-state index contributed by atoms with van der Waals surface area (Å²) in [6.07, 6.45) is -7.59. The monoisotopic (exact) mass is 408 g/mol. The number of carbonyl (C=O) groups is 3. The molecule has 2 rings (SSSR count). The molecule has 0 saturated carbocycles.